The maximum atomic E-state index is 13.7. The van der Waals surface area contributed by atoms with Gasteiger partial charge in [0.15, 0.2) is 0 Å². The molecule has 3 heterocycles. The largest absolute Gasteiger partial charge is 0.497 e. The minimum Gasteiger partial charge on any atom is -0.497 e. The van der Waals surface area contributed by atoms with E-state index in [0.717, 1.165) is 33.5 Å². The first kappa shape index (κ1) is 18.6. The number of carbonyl (C=O) groups excluding carboxylic acids is 1. The van der Waals surface area contributed by atoms with Crippen molar-refractivity contribution in [3.8, 4) is 5.75 Å². The van der Waals surface area contributed by atoms with Gasteiger partial charge < -0.3 is 9.64 Å². The molecule has 0 radical (unpaired) electrons. The number of fused-ring (bicyclic) bond motifs is 2. The van der Waals surface area contributed by atoms with E-state index in [2.05, 4.69) is 10.1 Å². The summed E-state index contributed by atoms with van der Waals surface area (Å²) in [7, 11) is 3.50. The Morgan fingerprint density at radius 2 is 1.90 bits per heavy atom. The number of aromatic nitrogens is 3. The van der Waals surface area contributed by atoms with Crippen molar-refractivity contribution in [1.82, 2.24) is 14.8 Å². The van der Waals surface area contributed by atoms with Gasteiger partial charge in [0, 0.05) is 24.3 Å². The SMILES string of the molecule is COc1ccc(C2C(=O)N(c3ccc4nn(C)cc4c3)Cc3ccc(Cl)nc32)cc1. The van der Waals surface area contributed by atoms with Gasteiger partial charge in [0.25, 0.3) is 0 Å². The summed E-state index contributed by atoms with van der Waals surface area (Å²) >= 11 is 6.18. The first-order valence-electron chi connectivity index (χ1n) is 9.57. The van der Waals surface area contributed by atoms with Crippen LogP contribution in [-0.2, 0) is 18.4 Å². The molecule has 2 aromatic carbocycles. The lowest BCUT2D eigenvalue weighted by molar-refractivity contribution is -0.119. The molecular formula is C23H19ClN4O2. The van der Waals surface area contributed by atoms with Gasteiger partial charge in [-0.1, -0.05) is 29.8 Å². The molecule has 1 unspecified atom stereocenters. The highest BCUT2D eigenvalue weighted by molar-refractivity contribution is 6.29. The molecule has 1 atom stereocenters. The Bertz CT molecular complexity index is 1270. The highest BCUT2D eigenvalue weighted by atomic mass is 35.5. The van der Waals surface area contributed by atoms with Gasteiger partial charge in [-0.2, -0.15) is 5.10 Å². The van der Waals surface area contributed by atoms with Crippen LogP contribution in [0.1, 0.15) is 22.7 Å². The quantitative estimate of drug-likeness (QED) is 0.465. The van der Waals surface area contributed by atoms with Crippen molar-refractivity contribution in [3.63, 3.8) is 0 Å². The number of nitrogens with zero attached hydrogens (tertiary/aromatic N) is 4. The molecule has 1 aliphatic heterocycles. The lowest BCUT2D eigenvalue weighted by Gasteiger charge is -2.34. The van der Waals surface area contributed by atoms with Gasteiger partial charge in [-0.05, 0) is 47.5 Å². The number of hydrogen-bond donors (Lipinski definition) is 0. The molecule has 0 spiro atoms. The molecule has 4 aromatic rings. The second-order valence-corrected chi connectivity index (χ2v) is 7.74. The topological polar surface area (TPSA) is 60.2 Å². The normalized spacial score (nSPS) is 16.0. The fourth-order valence-corrected chi connectivity index (χ4v) is 4.16. The van der Waals surface area contributed by atoms with Crippen molar-refractivity contribution < 1.29 is 9.53 Å². The van der Waals surface area contributed by atoms with Crippen LogP contribution >= 0.6 is 11.6 Å². The third kappa shape index (κ3) is 3.09. The Morgan fingerprint density at radius 1 is 1.10 bits per heavy atom. The summed E-state index contributed by atoms with van der Waals surface area (Å²) in [5.41, 5.74) is 4.26. The molecule has 0 saturated carbocycles. The zero-order chi connectivity index (χ0) is 20.8. The second-order valence-electron chi connectivity index (χ2n) is 7.35. The average Bonchev–Trinajstić information content (AvgIpc) is 3.13. The predicted molar refractivity (Wildman–Crippen MR) is 116 cm³/mol. The highest BCUT2D eigenvalue weighted by Gasteiger charge is 2.36. The zero-order valence-electron chi connectivity index (χ0n) is 16.5. The van der Waals surface area contributed by atoms with Crippen LogP contribution in [-0.4, -0.2) is 27.8 Å². The number of ether oxygens (including phenoxy) is 1. The standard InChI is InChI=1S/C23H19ClN4O2/c1-27-12-16-11-17(6-9-19(16)26-27)28-13-15-5-10-20(24)25-22(15)21(23(28)29)14-3-7-18(30-2)8-4-14/h3-12,21H,13H2,1-2H3. The molecule has 7 heteroatoms. The Balaban J connectivity index is 1.63. The van der Waals surface area contributed by atoms with Crippen LogP contribution in [0.25, 0.3) is 10.9 Å². The van der Waals surface area contributed by atoms with Gasteiger partial charge in [-0.15, -0.1) is 0 Å². The van der Waals surface area contributed by atoms with Crippen LogP contribution in [0.4, 0.5) is 5.69 Å². The fourth-order valence-electron chi connectivity index (χ4n) is 4.00. The Labute approximate surface area is 178 Å². The van der Waals surface area contributed by atoms with Gasteiger partial charge in [0.2, 0.25) is 5.91 Å². The third-order valence-corrected chi connectivity index (χ3v) is 5.67. The molecule has 2 aromatic heterocycles. The smallest absolute Gasteiger partial charge is 0.240 e. The van der Waals surface area contributed by atoms with Gasteiger partial charge in [-0.3, -0.25) is 9.48 Å². The van der Waals surface area contributed by atoms with E-state index in [1.54, 1.807) is 22.8 Å². The van der Waals surface area contributed by atoms with E-state index in [0.29, 0.717) is 17.4 Å². The summed E-state index contributed by atoms with van der Waals surface area (Å²) in [6, 6.07) is 17.1. The van der Waals surface area contributed by atoms with Crippen molar-refractivity contribution in [2.45, 2.75) is 12.5 Å². The molecule has 5 rings (SSSR count). The van der Waals surface area contributed by atoms with Gasteiger partial charge >= 0.3 is 0 Å². The molecule has 6 nitrogen and oxygen atoms in total. The van der Waals surface area contributed by atoms with Crippen LogP contribution in [0.2, 0.25) is 5.15 Å². The Morgan fingerprint density at radius 3 is 2.67 bits per heavy atom. The molecule has 0 fully saturated rings. The number of halogens is 1. The number of anilines is 1. The van der Waals surface area contributed by atoms with Crippen molar-refractivity contribution in [2.24, 2.45) is 7.05 Å². The third-order valence-electron chi connectivity index (χ3n) is 5.46. The van der Waals surface area contributed by atoms with E-state index in [1.165, 1.54) is 0 Å². The number of aryl methyl sites for hydroxylation is 1. The second kappa shape index (κ2) is 7.15. The first-order chi connectivity index (χ1) is 14.5. The molecule has 1 aliphatic rings. The van der Waals surface area contributed by atoms with Crippen LogP contribution < -0.4 is 9.64 Å². The molecular weight excluding hydrogens is 400 g/mol. The van der Waals surface area contributed by atoms with Crippen LogP contribution in [0.15, 0.2) is 60.8 Å². The number of carbonyl (C=O) groups is 1. The summed E-state index contributed by atoms with van der Waals surface area (Å²) in [6.07, 6.45) is 1.95. The summed E-state index contributed by atoms with van der Waals surface area (Å²) < 4.78 is 7.04. The Kier molecular flexibility index (Phi) is 4.44. The van der Waals surface area contributed by atoms with E-state index < -0.39 is 5.92 Å². The van der Waals surface area contributed by atoms with Crippen LogP contribution in [0.5, 0.6) is 5.75 Å². The van der Waals surface area contributed by atoms with E-state index in [4.69, 9.17) is 16.3 Å². The Hall–Kier alpha value is -3.38. The molecule has 0 N–H and O–H groups in total. The van der Waals surface area contributed by atoms with Crippen molar-refractivity contribution >= 4 is 34.1 Å². The van der Waals surface area contributed by atoms with Gasteiger partial charge in [0.1, 0.15) is 16.8 Å². The minimum atomic E-state index is -0.539. The number of rotatable bonds is 3. The molecule has 150 valence electrons. The lowest BCUT2D eigenvalue weighted by atomic mass is 9.87. The lowest BCUT2D eigenvalue weighted by Crippen LogP contribution is -2.40. The van der Waals surface area contributed by atoms with Crippen LogP contribution in [0, 0.1) is 0 Å². The monoisotopic (exact) mass is 418 g/mol. The first-order valence-corrected chi connectivity index (χ1v) is 9.95. The number of hydrogen-bond acceptors (Lipinski definition) is 4. The highest BCUT2D eigenvalue weighted by Crippen LogP contribution is 2.37. The molecule has 0 aliphatic carbocycles. The van der Waals surface area contributed by atoms with Crippen molar-refractivity contribution in [1.29, 1.82) is 0 Å². The number of benzene rings is 2. The minimum absolute atomic E-state index is 0.0364. The average molecular weight is 419 g/mol. The summed E-state index contributed by atoms with van der Waals surface area (Å²) in [6.45, 7) is 0.441. The number of pyridine rings is 1. The van der Waals surface area contributed by atoms with E-state index in [-0.39, 0.29) is 5.91 Å². The summed E-state index contributed by atoms with van der Waals surface area (Å²) in [5, 5.41) is 5.79. The van der Waals surface area contributed by atoms with Crippen LogP contribution in [0.3, 0.4) is 0 Å². The van der Waals surface area contributed by atoms with Crippen molar-refractivity contribution in [2.75, 3.05) is 12.0 Å². The van der Waals surface area contributed by atoms with Gasteiger partial charge in [-0.25, -0.2) is 4.98 Å². The predicted octanol–water partition coefficient (Wildman–Crippen LogP) is 4.31. The number of methoxy groups -OCH3 is 1. The summed E-state index contributed by atoms with van der Waals surface area (Å²) in [5.74, 6) is 0.161. The van der Waals surface area contributed by atoms with E-state index >= 15 is 0 Å². The summed E-state index contributed by atoms with van der Waals surface area (Å²) in [4.78, 5) is 20.0. The van der Waals surface area contributed by atoms with E-state index in [1.807, 2.05) is 61.8 Å². The molecule has 0 saturated heterocycles. The fraction of sp³-hybridized carbons (Fsp3) is 0.174. The zero-order valence-corrected chi connectivity index (χ0v) is 17.3. The van der Waals surface area contributed by atoms with E-state index in [9.17, 15) is 4.79 Å². The van der Waals surface area contributed by atoms with Gasteiger partial charge in [0.05, 0.1) is 24.9 Å². The van der Waals surface area contributed by atoms with Crippen molar-refractivity contribution in [3.05, 3.63) is 82.8 Å². The number of amides is 1. The maximum Gasteiger partial charge on any atom is 0.240 e. The molecule has 30 heavy (non-hydrogen) atoms. The maximum absolute atomic E-state index is 13.7. The molecule has 1 amide bonds. The molecule has 0 bridgehead atoms.